The average molecular weight is 689 g/mol. The molecule has 4 nitrogen and oxygen atoms in total. The monoisotopic (exact) mass is 688 g/mol. The van der Waals surface area contributed by atoms with E-state index in [1.807, 2.05) is 42.5 Å². The van der Waals surface area contributed by atoms with Gasteiger partial charge in [0.25, 0.3) is 0 Å². The number of allylic oxidation sites excluding steroid dienone is 4. The van der Waals surface area contributed by atoms with Gasteiger partial charge in [0.2, 0.25) is 0 Å². The Hall–Kier alpha value is -6.65. The zero-order valence-electron chi connectivity index (χ0n) is 30.2. The summed E-state index contributed by atoms with van der Waals surface area (Å²) in [4.78, 5) is 6.94. The van der Waals surface area contributed by atoms with Crippen molar-refractivity contribution in [2.45, 2.75) is 27.2 Å². The molecule has 4 heteroatoms. The van der Waals surface area contributed by atoms with E-state index >= 15 is 0 Å². The van der Waals surface area contributed by atoms with Gasteiger partial charge in [-0.25, -0.2) is 4.98 Å². The Morgan fingerprint density at radius 2 is 1.23 bits per heavy atom. The van der Waals surface area contributed by atoms with Gasteiger partial charge in [0.05, 0.1) is 0 Å². The van der Waals surface area contributed by atoms with E-state index in [4.69, 9.17) is 8.83 Å². The number of hydrogen-bond donors (Lipinski definition) is 0. The summed E-state index contributed by atoms with van der Waals surface area (Å²) >= 11 is 0. The molecular formula is C49H40N2O2. The largest absolute Gasteiger partial charge is 0.456 e. The molecule has 6 aromatic carbocycles. The highest BCUT2D eigenvalue weighted by atomic mass is 16.3. The maximum atomic E-state index is 6.18. The number of oxazole rings is 1. The number of furan rings is 1. The molecule has 0 unspecified atom stereocenters. The van der Waals surface area contributed by atoms with Crippen molar-refractivity contribution in [2.75, 3.05) is 4.90 Å². The second-order valence-corrected chi connectivity index (χ2v) is 13.1. The molecule has 0 saturated carbocycles. The number of aromatic nitrogens is 1. The Morgan fingerprint density at radius 3 is 1.87 bits per heavy atom. The summed E-state index contributed by atoms with van der Waals surface area (Å²) in [6.07, 6.45) is 11.2. The van der Waals surface area contributed by atoms with Gasteiger partial charge >= 0.3 is 0 Å². The molecule has 0 bridgehead atoms. The summed E-state index contributed by atoms with van der Waals surface area (Å²) in [5, 5.41) is 1.09. The number of aryl methyl sites for hydroxylation is 1. The number of hydrogen-bond acceptors (Lipinski definition) is 4. The zero-order valence-corrected chi connectivity index (χ0v) is 30.2. The first-order valence-electron chi connectivity index (χ1n) is 18.1. The Balaban J connectivity index is 1.08. The van der Waals surface area contributed by atoms with E-state index in [0.29, 0.717) is 12.3 Å². The zero-order chi connectivity index (χ0) is 36.1. The van der Waals surface area contributed by atoms with Crippen LogP contribution in [0.4, 0.5) is 11.4 Å². The lowest BCUT2D eigenvalue weighted by atomic mass is 9.97. The van der Waals surface area contributed by atoms with Gasteiger partial charge in [0.15, 0.2) is 11.5 Å². The normalized spacial score (nSPS) is 12.1. The fraction of sp³-hybridized carbons (Fsp3) is 0.0816. The molecule has 2 heterocycles. The standard InChI is InChI=1S/C49H40N2O2/c1-4-11-35-18-23-40(32-34(35)3)38-21-19-36(20-22-38)37-24-28-43(29-25-37)51(42(5-2)13-10-17-49-50-45-14-7-9-16-47(45)53-49)44-30-26-39(27-31-44)48-33-41-12-6-8-15-46(41)52-48/h4-16,18-33H,17H2,1-3H3/b11-4-,13-10-,42-5+. The molecule has 8 aromatic rings. The highest BCUT2D eigenvalue weighted by Crippen LogP contribution is 2.36. The van der Waals surface area contributed by atoms with Gasteiger partial charge in [0.1, 0.15) is 16.9 Å². The summed E-state index contributed by atoms with van der Waals surface area (Å²) in [6.45, 7) is 6.29. The van der Waals surface area contributed by atoms with Crippen molar-refractivity contribution in [3.05, 3.63) is 193 Å². The van der Waals surface area contributed by atoms with Crippen LogP contribution in [0.5, 0.6) is 0 Å². The SMILES string of the molecule is C/C=C\c1ccc(-c2ccc(-c3ccc(N(C(/C=C\Cc4nc5ccccc5o4)=C/C)c4ccc(-c5cc6ccccc6o5)cc4)cc3)cc2)cc1C. The van der Waals surface area contributed by atoms with Gasteiger partial charge < -0.3 is 13.7 Å². The number of nitrogens with zero attached hydrogens (tertiary/aromatic N) is 2. The van der Waals surface area contributed by atoms with E-state index in [-0.39, 0.29) is 0 Å². The molecule has 2 aromatic heterocycles. The summed E-state index contributed by atoms with van der Waals surface area (Å²) < 4.78 is 12.2. The first kappa shape index (κ1) is 33.5. The van der Waals surface area contributed by atoms with E-state index in [0.717, 1.165) is 56.0 Å². The van der Waals surface area contributed by atoms with Crippen molar-refractivity contribution in [3.63, 3.8) is 0 Å². The van der Waals surface area contributed by atoms with Crippen molar-refractivity contribution >= 4 is 39.5 Å². The van der Waals surface area contributed by atoms with E-state index in [2.05, 4.69) is 164 Å². The van der Waals surface area contributed by atoms with Crippen LogP contribution in [0.15, 0.2) is 184 Å². The van der Waals surface area contributed by atoms with Crippen LogP contribution < -0.4 is 4.90 Å². The van der Waals surface area contributed by atoms with Crippen LogP contribution in [0.3, 0.4) is 0 Å². The molecular weight excluding hydrogens is 649 g/mol. The average Bonchev–Trinajstić information content (AvgIpc) is 3.83. The van der Waals surface area contributed by atoms with Crippen LogP contribution in [0, 0.1) is 6.92 Å². The molecule has 0 atom stereocenters. The quantitative estimate of drug-likeness (QED) is 0.134. The summed E-state index contributed by atoms with van der Waals surface area (Å²) in [7, 11) is 0. The van der Waals surface area contributed by atoms with Crippen molar-refractivity contribution in [1.29, 1.82) is 0 Å². The third-order valence-electron chi connectivity index (χ3n) is 9.60. The molecule has 0 spiro atoms. The number of para-hydroxylation sites is 3. The fourth-order valence-corrected chi connectivity index (χ4v) is 6.81. The summed E-state index contributed by atoms with van der Waals surface area (Å²) in [6, 6.07) is 50.9. The predicted octanol–water partition coefficient (Wildman–Crippen LogP) is 13.8. The minimum Gasteiger partial charge on any atom is -0.456 e. The molecule has 0 saturated heterocycles. The van der Waals surface area contributed by atoms with Gasteiger partial charge in [-0.05, 0) is 121 Å². The second kappa shape index (κ2) is 14.9. The lowest BCUT2D eigenvalue weighted by Crippen LogP contribution is -2.15. The molecule has 0 N–H and O–H groups in total. The molecule has 0 amide bonds. The maximum Gasteiger partial charge on any atom is 0.199 e. The molecule has 53 heavy (non-hydrogen) atoms. The van der Waals surface area contributed by atoms with Gasteiger partial charge in [-0.3, -0.25) is 0 Å². The Kier molecular flexibility index (Phi) is 9.42. The van der Waals surface area contributed by atoms with E-state index in [1.54, 1.807) is 0 Å². The van der Waals surface area contributed by atoms with Crippen molar-refractivity contribution in [2.24, 2.45) is 0 Å². The maximum absolute atomic E-state index is 6.18. The molecule has 0 fully saturated rings. The molecule has 8 rings (SSSR count). The van der Waals surface area contributed by atoms with Crippen molar-refractivity contribution in [1.82, 2.24) is 4.98 Å². The molecule has 0 radical (unpaired) electrons. The van der Waals surface area contributed by atoms with Crippen LogP contribution >= 0.6 is 0 Å². The summed E-state index contributed by atoms with van der Waals surface area (Å²) in [5.74, 6) is 1.54. The van der Waals surface area contributed by atoms with Gasteiger partial charge in [-0.15, -0.1) is 0 Å². The van der Waals surface area contributed by atoms with Crippen molar-refractivity contribution in [3.8, 4) is 33.6 Å². The van der Waals surface area contributed by atoms with Gasteiger partial charge in [-0.1, -0.05) is 109 Å². The first-order chi connectivity index (χ1) is 26.1. The lowest BCUT2D eigenvalue weighted by molar-refractivity contribution is 0.546. The first-order valence-corrected chi connectivity index (χ1v) is 18.1. The highest BCUT2D eigenvalue weighted by Gasteiger charge is 2.15. The van der Waals surface area contributed by atoms with Gasteiger partial charge in [0, 0.05) is 34.4 Å². The van der Waals surface area contributed by atoms with Crippen LogP contribution in [-0.2, 0) is 6.42 Å². The molecule has 258 valence electrons. The van der Waals surface area contributed by atoms with Gasteiger partial charge in [-0.2, -0.15) is 0 Å². The van der Waals surface area contributed by atoms with Crippen LogP contribution in [-0.4, -0.2) is 4.98 Å². The summed E-state index contributed by atoms with van der Waals surface area (Å²) in [5.41, 5.74) is 14.0. The predicted molar refractivity (Wildman–Crippen MR) is 221 cm³/mol. The number of benzene rings is 6. The number of fused-ring (bicyclic) bond motifs is 2. The molecule has 0 aliphatic carbocycles. The van der Waals surface area contributed by atoms with E-state index in [1.165, 1.54) is 27.8 Å². The fourth-order valence-electron chi connectivity index (χ4n) is 6.81. The molecule has 0 aliphatic rings. The minimum absolute atomic E-state index is 0.583. The highest BCUT2D eigenvalue weighted by molar-refractivity contribution is 5.83. The third kappa shape index (κ3) is 7.13. The lowest BCUT2D eigenvalue weighted by Gasteiger charge is -2.27. The Bertz CT molecular complexity index is 2530. The van der Waals surface area contributed by atoms with Crippen LogP contribution in [0.2, 0.25) is 0 Å². The Morgan fingerprint density at radius 1 is 0.623 bits per heavy atom. The molecule has 0 aliphatic heterocycles. The topological polar surface area (TPSA) is 42.4 Å². The van der Waals surface area contributed by atoms with Crippen LogP contribution in [0.25, 0.3) is 61.7 Å². The number of anilines is 2. The number of rotatable bonds is 10. The van der Waals surface area contributed by atoms with E-state index in [9.17, 15) is 0 Å². The van der Waals surface area contributed by atoms with Crippen LogP contribution in [0.1, 0.15) is 30.9 Å². The Labute approximate surface area is 310 Å². The smallest absolute Gasteiger partial charge is 0.199 e. The van der Waals surface area contributed by atoms with Crippen molar-refractivity contribution < 1.29 is 8.83 Å². The second-order valence-electron chi connectivity index (χ2n) is 13.1. The van der Waals surface area contributed by atoms with E-state index < -0.39 is 0 Å². The minimum atomic E-state index is 0.583. The third-order valence-corrected chi connectivity index (χ3v) is 9.60.